The topological polar surface area (TPSA) is 45.0 Å². The van der Waals surface area contributed by atoms with Crippen LogP contribution in [0.25, 0.3) is 0 Å². The minimum Gasteiger partial charge on any atom is -0.474 e. The Morgan fingerprint density at radius 2 is 2.57 bits per heavy atom. The second-order valence-electron chi connectivity index (χ2n) is 0.728. The van der Waals surface area contributed by atoms with E-state index in [2.05, 4.69) is 22.3 Å². The minimum atomic E-state index is 0.0995. The van der Waals surface area contributed by atoms with Crippen LogP contribution in [-0.2, 0) is 4.74 Å². The van der Waals surface area contributed by atoms with Gasteiger partial charge in [0, 0.05) is 0 Å². The fourth-order valence-electron chi connectivity index (χ4n) is 0.0967. The third kappa shape index (κ3) is 3.00. The maximum atomic E-state index is 7.84. The molecule has 0 aromatic carbocycles. The van der Waals surface area contributed by atoms with Crippen molar-refractivity contribution in [2.75, 3.05) is 7.11 Å². The Morgan fingerprint density at radius 1 is 2.00 bits per heavy atom. The molecule has 0 aliphatic carbocycles. The van der Waals surface area contributed by atoms with E-state index in [1.807, 2.05) is 0 Å². The lowest BCUT2D eigenvalue weighted by atomic mass is 11.1. The first-order valence-electron chi connectivity index (χ1n) is 1.54. The monoisotopic (exact) mass is 116 g/mol. The van der Waals surface area contributed by atoms with Gasteiger partial charge >= 0.3 is 0 Å². The minimum absolute atomic E-state index is 0.0995. The molecular weight excluding hydrogens is 112 g/mol. The quantitative estimate of drug-likeness (QED) is 0.274. The van der Waals surface area contributed by atoms with Gasteiger partial charge in [0.05, 0.1) is 7.11 Å². The SMILES string of the molecule is COC(=S)NC#N. The number of rotatable bonds is 0. The average Bonchev–Trinajstić information content (AvgIpc) is 1.68. The molecule has 0 bridgehead atoms. The second kappa shape index (κ2) is 3.37. The number of ether oxygens (including phenoxy) is 1. The van der Waals surface area contributed by atoms with Gasteiger partial charge in [0.25, 0.3) is 5.17 Å². The zero-order valence-corrected chi connectivity index (χ0v) is 4.58. The van der Waals surface area contributed by atoms with Crippen molar-refractivity contribution in [2.45, 2.75) is 0 Å². The molecule has 0 aliphatic heterocycles. The van der Waals surface area contributed by atoms with Crippen LogP contribution in [0.3, 0.4) is 0 Å². The molecule has 0 spiro atoms. The Bertz CT molecular complexity index is 106. The fraction of sp³-hybridized carbons (Fsp3) is 0.333. The van der Waals surface area contributed by atoms with Crippen molar-refractivity contribution in [3.05, 3.63) is 0 Å². The van der Waals surface area contributed by atoms with E-state index >= 15 is 0 Å². The molecular formula is C3H4N2OS. The van der Waals surface area contributed by atoms with Crippen LogP contribution in [0.15, 0.2) is 0 Å². The number of hydrogen-bond donors (Lipinski definition) is 1. The third-order valence-electron chi connectivity index (χ3n) is 0.343. The summed E-state index contributed by atoms with van der Waals surface area (Å²) in [6, 6.07) is 0. The van der Waals surface area contributed by atoms with E-state index in [0.717, 1.165) is 0 Å². The summed E-state index contributed by atoms with van der Waals surface area (Å²) in [7, 11) is 1.40. The van der Waals surface area contributed by atoms with Gasteiger partial charge in [0.15, 0.2) is 6.19 Å². The van der Waals surface area contributed by atoms with E-state index in [-0.39, 0.29) is 5.17 Å². The first kappa shape index (κ1) is 6.18. The van der Waals surface area contributed by atoms with Crippen LogP contribution < -0.4 is 5.32 Å². The molecule has 0 radical (unpaired) electrons. The highest BCUT2D eigenvalue weighted by Crippen LogP contribution is 1.66. The first-order chi connectivity index (χ1) is 3.31. The summed E-state index contributed by atoms with van der Waals surface area (Å²) in [5, 5.41) is 10.0. The molecule has 4 heteroatoms. The molecule has 0 fully saturated rings. The number of nitrogens with one attached hydrogen (secondary N) is 1. The zero-order chi connectivity index (χ0) is 5.70. The Morgan fingerprint density at radius 3 is 2.71 bits per heavy atom. The molecule has 0 heterocycles. The van der Waals surface area contributed by atoms with Gasteiger partial charge in [0.1, 0.15) is 0 Å². The van der Waals surface area contributed by atoms with Crippen molar-refractivity contribution in [1.29, 1.82) is 5.26 Å². The summed E-state index contributed by atoms with van der Waals surface area (Å²) < 4.78 is 4.39. The number of nitriles is 1. The third-order valence-corrected chi connectivity index (χ3v) is 0.612. The summed E-state index contributed by atoms with van der Waals surface area (Å²) in [6.45, 7) is 0. The first-order valence-corrected chi connectivity index (χ1v) is 1.95. The van der Waals surface area contributed by atoms with Crippen LogP contribution in [0.1, 0.15) is 0 Å². The molecule has 7 heavy (non-hydrogen) atoms. The lowest BCUT2D eigenvalue weighted by molar-refractivity contribution is 0.401. The highest BCUT2D eigenvalue weighted by Gasteiger charge is 1.83. The molecule has 0 rings (SSSR count). The Labute approximate surface area is 46.9 Å². The van der Waals surface area contributed by atoms with Gasteiger partial charge in [-0.25, -0.2) is 0 Å². The molecule has 38 valence electrons. The van der Waals surface area contributed by atoms with Crippen LogP contribution in [0.5, 0.6) is 0 Å². The van der Waals surface area contributed by atoms with Crippen LogP contribution in [0.4, 0.5) is 0 Å². The van der Waals surface area contributed by atoms with E-state index in [1.165, 1.54) is 7.11 Å². The molecule has 0 aromatic rings. The standard InChI is InChI=1S/C3H4N2OS/c1-6-3(7)5-2-4/h1H3,(H,5,7). The fourth-order valence-corrected chi connectivity index (χ4v) is 0.142. The lowest BCUT2D eigenvalue weighted by Gasteiger charge is -1.92. The van der Waals surface area contributed by atoms with Gasteiger partial charge in [-0.2, -0.15) is 5.26 Å². The predicted molar refractivity (Wildman–Crippen MR) is 28.4 cm³/mol. The van der Waals surface area contributed by atoms with Crippen molar-refractivity contribution in [3.8, 4) is 6.19 Å². The molecule has 0 saturated heterocycles. The van der Waals surface area contributed by atoms with Gasteiger partial charge in [-0.1, -0.05) is 0 Å². The van der Waals surface area contributed by atoms with Crippen molar-refractivity contribution in [2.24, 2.45) is 0 Å². The second-order valence-corrected chi connectivity index (χ2v) is 1.10. The van der Waals surface area contributed by atoms with Crippen LogP contribution in [-0.4, -0.2) is 12.3 Å². The van der Waals surface area contributed by atoms with Gasteiger partial charge in [-0.05, 0) is 12.2 Å². The van der Waals surface area contributed by atoms with Gasteiger partial charge in [-0.3, -0.25) is 5.32 Å². The maximum Gasteiger partial charge on any atom is 0.269 e. The van der Waals surface area contributed by atoms with Crippen LogP contribution >= 0.6 is 12.2 Å². The summed E-state index contributed by atoms with van der Waals surface area (Å²) in [5.41, 5.74) is 0. The van der Waals surface area contributed by atoms with Crippen LogP contribution in [0, 0.1) is 11.5 Å². The Balaban J connectivity index is 3.23. The van der Waals surface area contributed by atoms with E-state index in [0.29, 0.717) is 0 Å². The lowest BCUT2D eigenvalue weighted by Crippen LogP contribution is -2.15. The number of thiocarbonyl (C=S) groups is 1. The molecule has 3 nitrogen and oxygen atoms in total. The number of methoxy groups -OCH3 is 1. The van der Waals surface area contributed by atoms with E-state index in [4.69, 9.17) is 5.26 Å². The summed E-state index contributed by atoms with van der Waals surface area (Å²) in [5.74, 6) is 0. The van der Waals surface area contributed by atoms with Crippen molar-refractivity contribution < 1.29 is 4.74 Å². The number of hydrogen-bond acceptors (Lipinski definition) is 3. The molecule has 0 unspecified atom stereocenters. The van der Waals surface area contributed by atoms with E-state index < -0.39 is 0 Å². The van der Waals surface area contributed by atoms with E-state index in [9.17, 15) is 0 Å². The van der Waals surface area contributed by atoms with E-state index in [1.54, 1.807) is 6.19 Å². The summed E-state index contributed by atoms with van der Waals surface area (Å²) in [6.07, 6.45) is 1.60. The maximum absolute atomic E-state index is 7.84. The van der Waals surface area contributed by atoms with Crippen molar-refractivity contribution in [1.82, 2.24) is 5.32 Å². The van der Waals surface area contributed by atoms with Crippen molar-refractivity contribution >= 4 is 17.4 Å². The Kier molecular flexibility index (Phi) is 2.98. The van der Waals surface area contributed by atoms with Crippen molar-refractivity contribution in [3.63, 3.8) is 0 Å². The zero-order valence-electron chi connectivity index (χ0n) is 3.76. The number of nitrogens with zero attached hydrogens (tertiary/aromatic N) is 1. The van der Waals surface area contributed by atoms with Crippen LogP contribution in [0.2, 0.25) is 0 Å². The highest BCUT2D eigenvalue weighted by atomic mass is 32.1. The molecule has 0 saturated carbocycles. The normalized spacial score (nSPS) is 6.29. The molecule has 1 N–H and O–H groups in total. The Hall–Kier alpha value is -0.820. The molecule has 0 amide bonds. The van der Waals surface area contributed by atoms with Gasteiger partial charge in [0.2, 0.25) is 0 Å². The largest absolute Gasteiger partial charge is 0.474 e. The summed E-state index contributed by atoms with van der Waals surface area (Å²) >= 11 is 4.40. The predicted octanol–water partition coefficient (Wildman–Crippen LogP) is -0.0116. The van der Waals surface area contributed by atoms with Gasteiger partial charge < -0.3 is 4.74 Å². The molecule has 0 aromatic heterocycles. The summed E-state index contributed by atoms with van der Waals surface area (Å²) in [4.78, 5) is 0. The average molecular weight is 116 g/mol. The smallest absolute Gasteiger partial charge is 0.269 e. The molecule has 0 aliphatic rings. The highest BCUT2D eigenvalue weighted by molar-refractivity contribution is 7.80. The van der Waals surface area contributed by atoms with Gasteiger partial charge in [-0.15, -0.1) is 0 Å². The molecule has 0 atom stereocenters.